The molecule has 0 spiro atoms. The summed E-state index contributed by atoms with van der Waals surface area (Å²) in [4.78, 5) is 22.0. The molecule has 0 amide bonds. The van der Waals surface area contributed by atoms with Crippen molar-refractivity contribution in [2.45, 2.75) is 24.2 Å². The lowest BCUT2D eigenvalue weighted by molar-refractivity contribution is -0.289. The number of aromatic carboxylic acids is 1. The average molecular weight is 341 g/mol. The van der Waals surface area contributed by atoms with Crippen LogP contribution >= 0.6 is 11.8 Å². The molecule has 9 heteroatoms. The fraction of sp³-hybridized carbons (Fsp3) is 0.286. The van der Waals surface area contributed by atoms with Crippen molar-refractivity contribution in [1.29, 1.82) is 0 Å². The molecule has 1 aromatic heterocycles. The van der Waals surface area contributed by atoms with Crippen LogP contribution in [-0.4, -0.2) is 32.6 Å². The summed E-state index contributed by atoms with van der Waals surface area (Å²) in [6.45, 7) is 3.06. The number of hydrogen-bond donors (Lipinski definition) is 3. The summed E-state index contributed by atoms with van der Waals surface area (Å²) in [7, 11) is 0. The van der Waals surface area contributed by atoms with Gasteiger partial charge in [-0.1, -0.05) is 11.8 Å². The van der Waals surface area contributed by atoms with Crippen LogP contribution in [0.3, 0.4) is 0 Å². The maximum atomic E-state index is 14.2. The third-order valence-corrected chi connectivity index (χ3v) is 5.09. The third-order valence-electron chi connectivity index (χ3n) is 3.92. The van der Waals surface area contributed by atoms with Gasteiger partial charge in [0.25, 0.3) is 0 Å². The summed E-state index contributed by atoms with van der Waals surface area (Å²) in [5.74, 6) is -2.36. The van der Waals surface area contributed by atoms with E-state index in [0.29, 0.717) is 0 Å². The van der Waals surface area contributed by atoms with Crippen LogP contribution in [0.15, 0.2) is 22.0 Å². The zero-order valence-electron chi connectivity index (χ0n) is 12.3. The molecule has 7 nitrogen and oxygen atoms in total. The van der Waals surface area contributed by atoms with E-state index in [1.54, 1.807) is 11.5 Å². The highest BCUT2D eigenvalue weighted by molar-refractivity contribution is 8.00. The maximum absolute atomic E-state index is 14.2. The molecule has 3 rings (SSSR count). The normalized spacial score (nSPS) is 17.0. The van der Waals surface area contributed by atoms with Gasteiger partial charge in [0.15, 0.2) is 5.82 Å². The second-order valence-electron chi connectivity index (χ2n) is 5.27. The molecule has 0 fully saturated rings. The van der Waals surface area contributed by atoms with Crippen molar-refractivity contribution in [3.63, 3.8) is 0 Å². The molecule has 23 heavy (non-hydrogen) atoms. The predicted octanol–water partition coefficient (Wildman–Crippen LogP) is 2.57. The lowest BCUT2D eigenvalue weighted by Gasteiger charge is -2.33. The number of aromatic nitrogens is 1. The van der Waals surface area contributed by atoms with Gasteiger partial charge in [0.2, 0.25) is 11.1 Å². The van der Waals surface area contributed by atoms with E-state index in [0.717, 1.165) is 6.07 Å². The first-order chi connectivity index (χ1) is 10.7. The van der Waals surface area contributed by atoms with Crippen LogP contribution in [0.2, 0.25) is 0 Å². The fourth-order valence-corrected chi connectivity index (χ4v) is 3.82. The van der Waals surface area contributed by atoms with Gasteiger partial charge < -0.3 is 9.67 Å². The van der Waals surface area contributed by atoms with Gasteiger partial charge in [-0.25, -0.2) is 9.18 Å². The van der Waals surface area contributed by atoms with Gasteiger partial charge >= 0.3 is 5.97 Å². The van der Waals surface area contributed by atoms with Crippen LogP contribution in [0.5, 0.6) is 0 Å². The highest BCUT2D eigenvalue weighted by atomic mass is 32.2. The Morgan fingerprint density at radius 2 is 2.09 bits per heavy atom. The molecule has 1 unspecified atom stereocenters. The van der Waals surface area contributed by atoms with E-state index in [2.05, 4.69) is 0 Å². The van der Waals surface area contributed by atoms with Crippen molar-refractivity contribution in [3.05, 3.63) is 33.7 Å². The standard InChI is InChI=1S/C14H13FN2O5S/c1-3-17(21,22)10-5-9-7(4-8(10)15)12(18)11(14(19)20)13-16(9)6(2)23-13/h4-6,21-22H,3H2,1-2H3/p+1. The van der Waals surface area contributed by atoms with Crippen molar-refractivity contribution < 1.29 is 24.7 Å². The van der Waals surface area contributed by atoms with Crippen LogP contribution in [-0.2, 0) is 0 Å². The molecule has 2 heterocycles. The minimum atomic E-state index is -1.66. The molecular weight excluding hydrogens is 327 g/mol. The van der Waals surface area contributed by atoms with Crippen molar-refractivity contribution >= 4 is 34.3 Å². The van der Waals surface area contributed by atoms with Crippen molar-refractivity contribution in [2.75, 3.05) is 6.54 Å². The van der Waals surface area contributed by atoms with E-state index in [1.165, 1.54) is 24.8 Å². The Morgan fingerprint density at radius 1 is 1.43 bits per heavy atom. The quantitative estimate of drug-likeness (QED) is 0.586. The molecule has 1 aliphatic rings. The summed E-state index contributed by atoms with van der Waals surface area (Å²) in [5.41, 5.74) is -1.30. The Morgan fingerprint density at radius 3 is 2.61 bits per heavy atom. The molecule has 0 bridgehead atoms. The average Bonchev–Trinajstić information content (AvgIpc) is 2.46. The molecular formula is C14H14FN2O5S+. The Hall–Kier alpha value is -1.94. The minimum Gasteiger partial charge on any atom is -0.477 e. The van der Waals surface area contributed by atoms with Crippen LogP contribution in [0.1, 0.15) is 29.6 Å². The van der Waals surface area contributed by atoms with E-state index in [1.807, 2.05) is 0 Å². The molecule has 1 aromatic carbocycles. The Bertz CT molecular complexity index is 908. The molecule has 0 aliphatic carbocycles. The van der Waals surface area contributed by atoms with E-state index in [-0.39, 0.29) is 27.8 Å². The maximum Gasteiger partial charge on any atom is 0.342 e. The Kier molecular flexibility index (Phi) is 3.49. The second-order valence-corrected chi connectivity index (χ2v) is 6.57. The van der Waals surface area contributed by atoms with Gasteiger partial charge in [-0.3, -0.25) is 4.79 Å². The summed E-state index contributed by atoms with van der Waals surface area (Å²) in [5, 5.41) is 29.0. The number of fused-ring (bicyclic) bond motifs is 3. The SMILES string of the molecule is CC[N+](O)(O)c1cc2c(cc1F)c(=O)c(C(=O)O)c1n2C(C)S1. The number of pyridine rings is 1. The molecule has 1 aliphatic heterocycles. The molecule has 122 valence electrons. The number of carboxylic acid groups (broad SMARTS) is 1. The molecule has 0 radical (unpaired) electrons. The molecule has 2 aromatic rings. The first kappa shape index (κ1) is 15.9. The van der Waals surface area contributed by atoms with Crippen LogP contribution in [0.25, 0.3) is 10.9 Å². The zero-order valence-corrected chi connectivity index (χ0v) is 13.1. The first-order valence-electron chi connectivity index (χ1n) is 6.85. The Labute approximate surface area is 133 Å². The number of nitrogens with zero attached hydrogens (tertiary/aromatic N) is 2. The molecule has 1 atom stereocenters. The number of thioether (sulfide) groups is 1. The van der Waals surface area contributed by atoms with Crippen LogP contribution < -0.4 is 10.2 Å². The smallest absolute Gasteiger partial charge is 0.342 e. The van der Waals surface area contributed by atoms with E-state index >= 15 is 0 Å². The number of quaternary nitrogens is 1. The molecule has 0 saturated heterocycles. The van der Waals surface area contributed by atoms with Crippen molar-refractivity contribution in [1.82, 2.24) is 9.38 Å². The van der Waals surface area contributed by atoms with Crippen LogP contribution in [0, 0.1) is 5.82 Å². The number of benzene rings is 1. The summed E-state index contributed by atoms with van der Waals surface area (Å²) < 4.78 is 15.8. The number of hydroxylamine groups is 2. The number of carboxylic acids is 1. The van der Waals surface area contributed by atoms with E-state index in [4.69, 9.17) is 0 Å². The van der Waals surface area contributed by atoms with Crippen LogP contribution in [0.4, 0.5) is 10.1 Å². The number of halogens is 1. The summed E-state index contributed by atoms with van der Waals surface area (Å²) in [6.07, 6.45) is 0. The molecule has 3 N–H and O–H groups in total. The second kappa shape index (κ2) is 5.03. The minimum absolute atomic E-state index is 0.101. The number of carbonyl (C=O) groups is 1. The first-order valence-corrected chi connectivity index (χ1v) is 7.72. The van der Waals surface area contributed by atoms with Crippen molar-refractivity contribution in [2.24, 2.45) is 0 Å². The number of hydrogen-bond acceptors (Lipinski definition) is 5. The monoisotopic (exact) mass is 341 g/mol. The van der Waals surface area contributed by atoms with Gasteiger partial charge in [0.05, 0.1) is 21.3 Å². The summed E-state index contributed by atoms with van der Waals surface area (Å²) >= 11 is 1.22. The fourth-order valence-electron chi connectivity index (χ4n) is 2.67. The van der Waals surface area contributed by atoms with Gasteiger partial charge in [-0.15, -0.1) is 0 Å². The zero-order chi connectivity index (χ0) is 17.1. The lowest BCUT2D eigenvalue weighted by Crippen LogP contribution is -2.42. The van der Waals surface area contributed by atoms with Gasteiger partial charge in [-0.2, -0.15) is 10.4 Å². The van der Waals surface area contributed by atoms with Gasteiger partial charge in [0.1, 0.15) is 12.1 Å². The largest absolute Gasteiger partial charge is 0.477 e. The third kappa shape index (κ3) is 2.16. The van der Waals surface area contributed by atoms with E-state index in [9.17, 15) is 29.5 Å². The van der Waals surface area contributed by atoms with E-state index < -0.39 is 33.3 Å². The topological polar surface area (TPSA) is 99.8 Å². The summed E-state index contributed by atoms with van der Waals surface area (Å²) in [6, 6.07) is 2.04. The lowest BCUT2D eigenvalue weighted by atomic mass is 10.1. The highest BCUT2D eigenvalue weighted by Crippen LogP contribution is 2.46. The van der Waals surface area contributed by atoms with Gasteiger partial charge in [0, 0.05) is 6.07 Å². The Balaban J connectivity index is 2.45. The van der Waals surface area contributed by atoms with Crippen molar-refractivity contribution in [3.8, 4) is 0 Å². The van der Waals surface area contributed by atoms with Gasteiger partial charge in [-0.05, 0) is 24.7 Å². The predicted molar refractivity (Wildman–Crippen MR) is 81.6 cm³/mol. The highest BCUT2D eigenvalue weighted by Gasteiger charge is 2.36. The molecule has 0 saturated carbocycles. The number of rotatable bonds is 3.